The number of nitrogens with one attached hydrogen (secondary N) is 1. The number of carbonyl (C=O) groups is 2. The van der Waals surface area contributed by atoms with Crippen molar-refractivity contribution < 1.29 is 14.3 Å². The smallest absolute Gasteiger partial charge is 0.230 e. The van der Waals surface area contributed by atoms with Gasteiger partial charge in [-0.1, -0.05) is 6.92 Å². The van der Waals surface area contributed by atoms with Crippen LogP contribution in [0.4, 0.5) is 11.5 Å². The van der Waals surface area contributed by atoms with E-state index in [-0.39, 0.29) is 24.2 Å². The van der Waals surface area contributed by atoms with Gasteiger partial charge in [-0.3, -0.25) is 9.59 Å². The minimum absolute atomic E-state index is 0.0513. The highest BCUT2D eigenvalue weighted by molar-refractivity contribution is 6.03. The summed E-state index contributed by atoms with van der Waals surface area (Å²) in [5, 5.41) is 2.80. The van der Waals surface area contributed by atoms with Gasteiger partial charge in [0.25, 0.3) is 0 Å². The lowest BCUT2D eigenvalue weighted by atomic mass is 10.1. The first kappa shape index (κ1) is 17.9. The first-order valence-electron chi connectivity index (χ1n) is 8.83. The molecule has 0 spiro atoms. The topological polar surface area (TPSA) is 71.5 Å². The van der Waals surface area contributed by atoms with Crippen LogP contribution in [0, 0.1) is 12.8 Å². The molecule has 0 radical (unpaired) electrons. The molecule has 0 bridgehead atoms. The van der Waals surface area contributed by atoms with Crippen LogP contribution in [0.2, 0.25) is 0 Å². The molecule has 6 nitrogen and oxygen atoms in total. The molecule has 1 fully saturated rings. The summed E-state index contributed by atoms with van der Waals surface area (Å²) in [4.78, 5) is 30.6. The van der Waals surface area contributed by atoms with Crippen LogP contribution in [0.1, 0.15) is 25.3 Å². The van der Waals surface area contributed by atoms with Crippen molar-refractivity contribution in [2.24, 2.45) is 5.92 Å². The molecule has 1 saturated heterocycles. The number of carbonyl (C=O) groups excluding carboxylic acids is 2. The van der Waals surface area contributed by atoms with E-state index >= 15 is 0 Å². The van der Waals surface area contributed by atoms with E-state index in [0.717, 1.165) is 23.4 Å². The van der Waals surface area contributed by atoms with Gasteiger partial charge in [0.1, 0.15) is 11.6 Å². The number of rotatable bonds is 6. The number of hydrogen-bond acceptors (Lipinski definition) is 4. The molecule has 0 aliphatic carbocycles. The first-order chi connectivity index (χ1) is 12.6. The SMILES string of the molecule is CCCOc1ccc(N2C[C@@H](C(=O)Nc3cc(C)ccn3)CC2=O)cc1. The first-order valence-corrected chi connectivity index (χ1v) is 8.83. The van der Waals surface area contributed by atoms with Gasteiger partial charge in [0.2, 0.25) is 11.8 Å². The van der Waals surface area contributed by atoms with E-state index < -0.39 is 0 Å². The van der Waals surface area contributed by atoms with Gasteiger partial charge in [-0.05, 0) is 55.3 Å². The fourth-order valence-corrected chi connectivity index (χ4v) is 2.91. The molecule has 1 aromatic heterocycles. The summed E-state index contributed by atoms with van der Waals surface area (Å²) in [7, 11) is 0. The molecular formula is C20H23N3O3. The van der Waals surface area contributed by atoms with E-state index in [1.165, 1.54) is 0 Å². The quantitative estimate of drug-likeness (QED) is 0.866. The number of pyridine rings is 1. The molecule has 2 heterocycles. The number of aryl methyl sites for hydroxylation is 1. The molecule has 1 aliphatic heterocycles. The average Bonchev–Trinajstić information content (AvgIpc) is 3.02. The van der Waals surface area contributed by atoms with E-state index in [0.29, 0.717) is 19.0 Å². The number of ether oxygens (including phenoxy) is 1. The van der Waals surface area contributed by atoms with E-state index in [9.17, 15) is 9.59 Å². The number of hydrogen-bond donors (Lipinski definition) is 1. The van der Waals surface area contributed by atoms with Crippen molar-refractivity contribution in [1.29, 1.82) is 0 Å². The third-order valence-corrected chi connectivity index (χ3v) is 4.28. The van der Waals surface area contributed by atoms with Crippen molar-refractivity contribution in [1.82, 2.24) is 4.98 Å². The van der Waals surface area contributed by atoms with Crippen LogP contribution in [0.5, 0.6) is 5.75 Å². The van der Waals surface area contributed by atoms with Crippen LogP contribution >= 0.6 is 0 Å². The Hall–Kier alpha value is -2.89. The lowest BCUT2D eigenvalue weighted by Crippen LogP contribution is -2.28. The number of aromatic nitrogens is 1. The normalized spacial score (nSPS) is 16.6. The zero-order chi connectivity index (χ0) is 18.5. The van der Waals surface area contributed by atoms with Crippen molar-refractivity contribution in [2.45, 2.75) is 26.7 Å². The second-order valence-corrected chi connectivity index (χ2v) is 6.46. The fourth-order valence-electron chi connectivity index (χ4n) is 2.91. The van der Waals surface area contributed by atoms with Crippen LogP contribution in [-0.2, 0) is 9.59 Å². The molecule has 6 heteroatoms. The van der Waals surface area contributed by atoms with Crippen LogP contribution < -0.4 is 15.0 Å². The highest BCUT2D eigenvalue weighted by atomic mass is 16.5. The largest absolute Gasteiger partial charge is 0.494 e. The summed E-state index contributed by atoms with van der Waals surface area (Å²) in [6, 6.07) is 11.1. The monoisotopic (exact) mass is 353 g/mol. The third kappa shape index (κ3) is 4.20. The Kier molecular flexibility index (Phi) is 5.51. The van der Waals surface area contributed by atoms with Crippen molar-refractivity contribution in [3.63, 3.8) is 0 Å². The average molecular weight is 353 g/mol. The fraction of sp³-hybridized carbons (Fsp3) is 0.350. The van der Waals surface area contributed by atoms with Gasteiger partial charge in [-0.25, -0.2) is 4.98 Å². The Balaban J connectivity index is 1.63. The molecule has 26 heavy (non-hydrogen) atoms. The zero-order valence-corrected chi connectivity index (χ0v) is 15.1. The molecule has 2 amide bonds. The van der Waals surface area contributed by atoms with Crippen LogP contribution in [-0.4, -0.2) is 29.9 Å². The van der Waals surface area contributed by atoms with Gasteiger partial charge in [0.05, 0.1) is 12.5 Å². The number of amides is 2. The Morgan fingerprint density at radius 1 is 1.31 bits per heavy atom. The van der Waals surface area contributed by atoms with Crippen LogP contribution in [0.3, 0.4) is 0 Å². The van der Waals surface area contributed by atoms with E-state index in [2.05, 4.69) is 17.2 Å². The summed E-state index contributed by atoms with van der Waals surface area (Å²) < 4.78 is 5.56. The van der Waals surface area contributed by atoms with Crippen LogP contribution in [0.15, 0.2) is 42.6 Å². The van der Waals surface area contributed by atoms with Crippen LogP contribution in [0.25, 0.3) is 0 Å². The summed E-state index contributed by atoms with van der Waals surface area (Å²) in [5.74, 6) is 0.674. The maximum Gasteiger partial charge on any atom is 0.230 e. The molecule has 1 aliphatic rings. The molecule has 0 saturated carbocycles. The summed E-state index contributed by atoms with van der Waals surface area (Å²) in [6.07, 6.45) is 2.80. The lowest BCUT2D eigenvalue weighted by molar-refractivity contribution is -0.122. The van der Waals surface area contributed by atoms with Crippen molar-refractivity contribution >= 4 is 23.3 Å². The Morgan fingerprint density at radius 3 is 2.77 bits per heavy atom. The van der Waals surface area contributed by atoms with Crippen molar-refractivity contribution in [3.8, 4) is 5.75 Å². The summed E-state index contributed by atoms with van der Waals surface area (Å²) in [6.45, 7) is 5.02. The Bertz CT molecular complexity index is 789. The van der Waals surface area contributed by atoms with Crippen molar-refractivity contribution in [3.05, 3.63) is 48.2 Å². The molecule has 0 unspecified atom stereocenters. The Labute approximate surface area is 153 Å². The molecule has 1 N–H and O–H groups in total. The molecular weight excluding hydrogens is 330 g/mol. The minimum atomic E-state index is -0.388. The number of anilines is 2. The standard InChI is InChI=1S/C20H23N3O3/c1-3-10-26-17-6-4-16(5-7-17)23-13-15(12-19(23)24)20(25)22-18-11-14(2)8-9-21-18/h4-9,11,15H,3,10,12-13H2,1-2H3,(H,21,22,25)/t15-/m0/s1. The zero-order valence-electron chi connectivity index (χ0n) is 15.1. The number of benzene rings is 1. The van der Waals surface area contributed by atoms with E-state index in [4.69, 9.17) is 4.74 Å². The van der Waals surface area contributed by atoms with E-state index in [1.807, 2.05) is 43.3 Å². The molecule has 3 rings (SSSR count). The predicted octanol–water partition coefficient (Wildman–Crippen LogP) is 3.17. The Morgan fingerprint density at radius 2 is 2.08 bits per heavy atom. The third-order valence-electron chi connectivity index (χ3n) is 4.28. The molecule has 2 aromatic rings. The van der Waals surface area contributed by atoms with E-state index in [1.54, 1.807) is 11.1 Å². The summed E-state index contributed by atoms with van der Waals surface area (Å²) >= 11 is 0. The predicted molar refractivity (Wildman–Crippen MR) is 100 cm³/mol. The van der Waals surface area contributed by atoms with Gasteiger partial charge in [-0.15, -0.1) is 0 Å². The molecule has 136 valence electrons. The molecule has 1 aromatic carbocycles. The lowest BCUT2D eigenvalue weighted by Gasteiger charge is -2.17. The highest BCUT2D eigenvalue weighted by Crippen LogP contribution is 2.27. The second kappa shape index (κ2) is 7.99. The molecule has 1 atom stereocenters. The maximum absolute atomic E-state index is 12.5. The highest BCUT2D eigenvalue weighted by Gasteiger charge is 2.35. The van der Waals surface area contributed by atoms with Gasteiger partial charge < -0.3 is 15.0 Å². The maximum atomic E-state index is 12.5. The van der Waals surface area contributed by atoms with Crippen molar-refractivity contribution in [2.75, 3.05) is 23.4 Å². The summed E-state index contributed by atoms with van der Waals surface area (Å²) in [5.41, 5.74) is 1.80. The second-order valence-electron chi connectivity index (χ2n) is 6.46. The minimum Gasteiger partial charge on any atom is -0.494 e. The van der Waals surface area contributed by atoms with Gasteiger partial charge in [-0.2, -0.15) is 0 Å². The van der Waals surface area contributed by atoms with Gasteiger partial charge in [0, 0.05) is 24.8 Å². The van der Waals surface area contributed by atoms with Gasteiger partial charge in [0.15, 0.2) is 0 Å². The van der Waals surface area contributed by atoms with Gasteiger partial charge >= 0.3 is 0 Å². The number of nitrogens with zero attached hydrogens (tertiary/aromatic N) is 2.